The lowest BCUT2D eigenvalue weighted by atomic mass is 9.88. The summed E-state index contributed by atoms with van der Waals surface area (Å²) in [6, 6.07) is 20.6. The van der Waals surface area contributed by atoms with Crippen LogP contribution < -0.4 is 0 Å². The van der Waals surface area contributed by atoms with Crippen molar-refractivity contribution in [2.75, 3.05) is 13.2 Å². The van der Waals surface area contributed by atoms with E-state index in [4.69, 9.17) is 0 Å². The van der Waals surface area contributed by atoms with Gasteiger partial charge in [0.05, 0.1) is 0 Å². The largest absolute Gasteiger partial charge is 0.396 e. The minimum Gasteiger partial charge on any atom is -0.396 e. The van der Waals surface area contributed by atoms with Crippen LogP contribution in [0.15, 0.2) is 60.7 Å². The zero-order valence-corrected chi connectivity index (χ0v) is 13.1. The fourth-order valence-corrected chi connectivity index (χ4v) is 2.87. The average molecular weight is 298 g/mol. The molecule has 2 heteroatoms. The van der Waals surface area contributed by atoms with E-state index >= 15 is 0 Å². The zero-order valence-electron chi connectivity index (χ0n) is 13.1. The van der Waals surface area contributed by atoms with Crippen molar-refractivity contribution < 1.29 is 10.2 Å². The van der Waals surface area contributed by atoms with Gasteiger partial charge in [-0.05, 0) is 42.7 Å². The number of aryl methyl sites for hydroxylation is 1. The van der Waals surface area contributed by atoms with Gasteiger partial charge in [0.1, 0.15) is 0 Å². The molecule has 2 N–H and O–H groups in total. The Bertz CT molecular complexity index is 510. The van der Waals surface area contributed by atoms with Crippen LogP contribution in [0.1, 0.15) is 36.3 Å². The standard InChI is InChI=1S/C20H26O2/c21-15-18(12-11-17-7-3-1-4-8-17)13-14-20(16-22)19-9-5-2-6-10-19/h1-10,18,20-22H,11-16H2. The van der Waals surface area contributed by atoms with Gasteiger partial charge >= 0.3 is 0 Å². The molecule has 2 aromatic carbocycles. The van der Waals surface area contributed by atoms with Gasteiger partial charge in [0.2, 0.25) is 0 Å². The van der Waals surface area contributed by atoms with Crippen LogP contribution in [0, 0.1) is 5.92 Å². The molecule has 0 heterocycles. The normalized spacial score (nSPS) is 13.7. The molecule has 0 saturated heterocycles. The summed E-state index contributed by atoms with van der Waals surface area (Å²) in [5.41, 5.74) is 2.51. The maximum absolute atomic E-state index is 9.61. The molecule has 2 aromatic rings. The maximum atomic E-state index is 9.61. The molecule has 0 radical (unpaired) electrons. The molecular weight excluding hydrogens is 272 g/mol. The molecule has 118 valence electrons. The van der Waals surface area contributed by atoms with Gasteiger partial charge in [0.15, 0.2) is 0 Å². The second-order valence-electron chi connectivity index (χ2n) is 5.94. The van der Waals surface area contributed by atoms with E-state index in [1.54, 1.807) is 0 Å². The first-order valence-corrected chi connectivity index (χ1v) is 8.14. The number of hydrogen-bond donors (Lipinski definition) is 2. The van der Waals surface area contributed by atoms with E-state index in [-0.39, 0.29) is 19.1 Å². The lowest BCUT2D eigenvalue weighted by molar-refractivity contribution is 0.196. The highest BCUT2D eigenvalue weighted by Gasteiger charge is 2.14. The molecule has 0 bridgehead atoms. The summed E-state index contributed by atoms with van der Waals surface area (Å²) in [5.74, 6) is 0.477. The van der Waals surface area contributed by atoms with E-state index in [1.807, 2.05) is 24.3 Å². The molecule has 0 aliphatic heterocycles. The number of aliphatic hydroxyl groups is 2. The van der Waals surface area contributed by atoms with Crippen LogP contribution in [0.25, 0.3) is 0 Å². The van der Waals surface area contributed by atoms with Crippen molar-refractivity contribution in [2.24, 2.45) is 5.92 Å². The van der Waals surface area contributed by atoms with Crippen LogP contribution in [0.3, 0.4) is 0 Å². The summed E-state index contributed by atoms with van der Waals surface area (Å²) in [5, 5.41) is 19.2. The molecule has 22 heavy (non-hydrogen) atoms. The molecule has 0 spiro atoms. The minimum atomic E-state index is 0.168. The van der Waals surface area contributed by atoms with Crippen molar-refractivity contribution in [3.8, 4) is 0 Å². The first-order chi connectivity index (χ1) is 10.8. The second-order valence-corrected chi connectivity index (χ2v) is 5.94. The number of rotatable bonds is 9. The Morgan fingerprint density at radius 1 is 0.682 bits per heavy atom. The third-order valence-corrected chi connectivity index (χ3v) is 4.36. The van der Waals surface area contributed by atoms with Crippen molar-refractivity contribution in [3.63, 3.8) is 0 Å². The molecule has 0 fully saturated rings. The Balaban J connectivity index is 1.82. The van der Waals surface area contributed by atoms with Crippen LogP contribution in [0.5, 0.6) is 0 Å². The Labute approximate surface area is 133 Å². The fraction of sp³-hybridized carbons (Fsp3) is 0.400. The Hall–Kier alpha value is -1.64. The highest BCUT2D eigenvalue weighted by Crippen LogP contribution is 2.24. The predicted molar refractivity (Wildman–Crippen MR) is 90.8 cm³/mol. The van der Waals surface area contributed by atoms with Crippen molar-refractivity contribution >= 4 is 0 Å². The molecule has 0 amide bonds. The molecule has 2 unspecified atom stereocenters. The second kappa shape index (κ2) is 9.39. The van der Waals surface area contributed by atoms with Gasteiger partial charge in [-0.1, -0.05) is 60.7 Å². The Morgan fingerprint density at radius 2 is 1.32 bits per heavy atom. The summed E-state index contributed by atoms with van der Waals surface area (Å²) in [6.07, 6.45) is 3.86. The smallest absolute Gasteiger partial charge is 0.0499 e. The Morgan fingerprint density at radius 3 is 1.91 bits per heavy atom. The molecule has 2 rings (SSSR count). The molecule has 0 aliphatic carbocycles. The van der Waals surface area contributed by atoms with E-state index in [0.29, 0.717) is 5.92 Å². The van der Waals surface area contributed by atoms with Crippen LogP contribution in [0.2, 0.25) is 0 Å². The first kappa shape index (κ1) is 16.7. The highest BCUT2D eigenvalue weighted by atomic mass is 16.3. The third-order valence-electron chi connectivity index (χ3n) is 4.36. The average Bonchev–Trinajstić information content (AvgIpc) is 2.60. The highest BCUT2D eigenvalue weighted by molar-refractivity contribution is 5.19. The number of aliphatic hydroxyl groups excluding tert-OH is 2. The molecule has 0 aliphatic rings. The SMILES string of the molecule is OCC(CCc1ccccc1)CCC(CO)c1ccccc1. The van der Waals surface area contributed by atoms with Gasteiger partial charge in [0, 0.05) is 19.1 Å². The van der Waals surface area contributed by atoms with Crippen LogP contribution in [-0.4, -0.2) is 23.4 Å². The van der Waals surface area contributed by atoms with E-state index in [1.165, 1.54) is 11.1 Å². The molecule has 0 saturated carbocycles. The van der Waals surface area contributed by atoms with Gasteiger partial charge < -0.3 is 10.2 Å². The third kappa shape index (κ3) is 5.28. The number of hydrogen-bond acceptors (Lipinski definition) is 2. The summed E-state index contributed by atoms with van der Waals surface area (Å²) in [4.78, 5) is 0. The monoisotopic (exact) mass is 298 g/mol. The van der Waals surface area contributed by atoms with E-state index in [0.717, 1.165) is 25.7 Å². The molecule has 2 nitrogen and oxygen atoms in total. The number of benzene rings is 2. The quantitative estimate of drug-likeness (QED) is 0.739. The van der Waals surface area contributed by atoms with E-state index < -0.39 is 0 Å². The van der Waals surface area contributed by atoms with Crippen molar-refractivity contribution in [2.45, 2.75) is 31.6 Å². The summed E-state index contributed by atoms with van der Waals surface area (Å²) in [6.45, 7) is 0.390. The zero-order chi connectivity index (χ0) is 15.6. The lowest BCUT2D eigenvalue weighted by Crippen LogP contribution is -2.12. The lowest BCUT2D eigenvalue weighted by Gasteiger charge is -2.19. The van der Waals surface area contributed by atoms with Crippen LogP contribution in [-0.2, 0) is 6.42 Å². The Kier molecular flexibility index (Phi) is 7.14. The maximum Gasteiger partial charge on any atom is 0.0499 e. The van der Waals surface area contributed by atoms with Crippen LogP contribution >= 0.6 is 0 Å². The molecule has 2 atom stereocenters. The molecular formula is C20H26O2. The van der Waals surface area contributed by atoms with Crippen LogP contribution in [0.4, 0.5) is 0 Å². The van der Waals surface area contributed by atoms with Crippen molar-refractivity contribution in [1.29, 1.82) is 0 Å². The van der Waals surface area contributed by atoms with Gasteiger partial charge in [0.25, 0.3) is 0 Å². The van der Waals surface area contributed by atoms with Crippen molar-refractivity contribution in [3.05, 3.63) is 71.8 Å². The fourth-order valence-electron chi connectivity index (χ4n) is 2.87. The van der Waals surface area contributed by atoms with E-state index in [2.05, 4.69) is 36.4 Å². The van der Waals surface area contributed by atoms with E-state index in [9.17, 15) is 10.2 Å². The van der Waals surface area contributed by atoms with Gasteiger partial charge in [-0.15, -0.1) is 0 Å². The summed E-state index contributed by atoms with van der Waals surface area (Å²) >= 11 is 0. The van der Waals surface area contributed by atoms with Gasteiger partial charge in [-0.3, -0.25) is 0 Å². The van der Waals surface area contributed by atoms with Gasteiger partial charge in [-0.2, -0.15) is 0 Å². The summed E-state index contributed by atoms with van der Waals surface area (Å²) < 4.78 is 0. The topological polar surface area (TPSA) is 40.5 Å². The minimum absolute atomic E-state index is 0.168. The predicted octanol–water partition coefficient (Wildman–Crippen LogP) is 3.78. The van der Waals surface area contributed by atoms with Gasteiger partial charge in [-0.25, -0.2) is 0 Å². The molecule has 0 aromatic heterocycles. The first-order valence-electron chi connectivity index (χ1n) is 8.14. The summed E-state index contributed by atoms with van der Waals surface area (Å²) in [7, 11) is 0. The van der Waals surface area contributed by atoms with Crippen molar-refractivity contribution in [1.82, 2.24) is 0 Å².